The minimum absolute atomic E-state index is 0.149. The second-order valence-electron chi connectivity index (χ2n) is 4.70. The summed E-state index contributed by atoms with van der Waals surface area (Å²) in [5.41, 5.74) is 1.64. The van der Waals surface area contributed by atoms with Crippen molar-refractivity contribution in [2.75, 3.05) is 40.2 Å². The average molecular weight is 290 g/mol. The van der Waals surface area contributed by atoms with Gasteiger partial charge in [0.1, 0.15) is 16.8 Å². The van der Waals surface area contributed by atoms with Gasteiger partial charge in [-0.25, -0.2) is 9.97 Å². The molecule has 0 radical (unpaired) electrons. The van der Waals surface area contributed by atoms with E-state index in [4.69, 9.17) is 9.47 Å². The first-order valence-corrected chi connectivity index (χ1v) is 6.37. The second-order valence-corrected chi connectivity index (χ2v) is 4.70. The summed E-state index contributed by atoms with van der Waals surface area (Å²) < 4.78 is 10.7. The Morgan fingerprint density at radius 3 is 2.43 bits per heavy atom. The number of amides is 1. The summed E-state index contributed by atoms with van der Waals surface area (Å²) in [4.78, 5) is 22.2. The fraction of sp³-hybridized carbons (Fsp3) is 0.357. The van der Waals surface area contributed by atoms with E-state index >= 15 is 0 Å². The highest BCUT2D eigenvalue weighted by Crippen LogP contribution is 2.37. The molecule has 112 valence electrons. The Morgan fingerprint density at radius 2 is 1.86 bits per heavy atom. The number of fused-ring (bicyclic) bond motifs is 1. The van der Waals surface area contributed by atoms with Crippen molar-refractivity contribution in [3.8, 4) is 11.5 Å². The summed E-state index contributed by atoms with van der Waals surface area (Å²) in [6.07, 6.45) is 3.14. The molecule has 0 saturated carbocycles. The highest BCUT2D eigenvalue weighted by atomic mass is 16.5. The Balaban J connectivity index is 2.50. The molecule has 0 aliphatic rings. The molecule has 7 heteroatoms. The molecule has 1 N–H and O–H groups in total. The molecule has 1 amide bonds. The van der Waals surface area contributed by atoms with Gasteiger partial charge >= 0.3 is 0 Å². The van der Waals surface area contributed by atoms with E-state index < -0.39 is 0 Å². The van der Waals surface area contributed by atoms with E-state index in [1.807, 2.05) is 14.1 Å². The number of carbonyl (C=O) groups excluding carboxylic acids is 1. The summed E-state index contributed by atoms with van der Waals surface area (Å²) in [5, 5.41) is 2.81. The number of nitrogens with one attached hydrogen (secondary N) is 1. The number of carbonyl (C=O) groups is 1. The molecule has 1 aromatic carbocycles. The van der Waals surface area contributed by atoms with E-state index in [1.54, 1.807) is 30.5 Å². The number of hydrogen-bond acceptors (Lipinski definition) is 6. The van der Waals surface area contributed by atoms with E-state index in [1.165, 1.54) is 7.11 Å². The third-order valence-corrected chi connectivity index (χ3v) is 2.82. The molecule has 7 nitrogen and oxygen atoms in total. The van der Waals surface area contributed by atoms with Gasteiger partial charge in [-0.2, -0.15) is 0 Å². The molecule has 0 atom stereocenters. The molecule has 2 rings (SSSR count). The lowest BCUT2D eigenvalue weighted by Gasteiger charge is -2.15. The number of anilines is 1. The molecule has 0 aliphatic carbocycles. The summed E-state index contributed by atoms with van der Waals surface area (Å²) in [6, 6.07) is 1.68. The largest absolute Gasteiger partial charge is 0.494 e. The minimum Gasteiger partial charge on any atom is -0.494 e. The zero-order chi connectivity index (χ0) is 15.4. The van der Waals surface area contributed by atoms with Gasteiger partial charge in [0.05, 0.1) is 26.5 Å². The number of aromatic nitrogens is 2. The Bertz CT molecular complexity index is 658. The lowest BCUT2D eigenvalue weighted by molar-refractivity contribution is -0.116. The van der Waals surface area contributed by atoms with Gasteiger partial charge in [-0.05, 0) is 14.1 Å². The molecule has 0 aliphatic heterocycles. The van der Waals surface area contributed by atoms with Gasteiger partial charge in [-0.15, -0.1) is 0 Å². The Morgan fingerprint density at radius 1 is 1.19 bits per heavy atom. The highest BCUT2D eigenvalue weighted by Gasteiger charge is 2.17. The van der Waals surface area contributed by atoms with E-state index in [0.717, 1.165) is 0 Å². The monoisotopic (exact) mass is 290 g/mol. The van der Waals surface area contributed by atoms with Crippen LogP contribution in [0.15, 0.2) is 18.5 Å². The maximum Gasteiger partial charge on any atom is 0.238 e. The maximum atomic E-state index is 11.9. The number of hydrogen-bond donors (Lipinski definition) is 1. The van der Waals surface area contributed by atoms with Crippen molar-refractivity contribution in [1.29, 1.82) is 0 Å². The Kier molecular flexibility index (Phi) is 4.54. The van der Waals surface area contributed by atoms with Crippen molar-refractivity contribution < 1.29 is 14.3 Å². The van der Waals surface area contributed by atoms with Crippen LogP contribution in [0.3, 0.4) is 0 Å². The van der Waals surface area contributed by atoms with E-state index in [-0.39, 0.29) is 12.5 Å². The summed E-state index contributed by atoms with van der Waals surface area (Å²) in [5.74, 6) is 0.841. The lowest BCUT2D eigenvalue weighted by Crippen LogP contribution is -2.27. The van der Waals surface area contributed by atoms with Crippen LogP contribution < -0.4 is 14.8 Å². The van der Waals surface area contributed by atoms with Crippen molar-refractivity contribution in [2.45, 2.75) is 0 Å². The molecule has 0 unspecified atom stereocenters. The Hall–Kier alpha value is -2.41. The van der Waals surface area contributed by atoms with Crippen LogP contribution in [0, 0.1) is 0 Å². The third kappa shape index (κ3) is 3.19. The summed E-state index contributed by atoms with van der Waals surface area (Å²) in [6.45, 7) is 0.268. The third-order valence-electron chi connectivity index (χ3n) is 2.82. The molecule has 1 aromatic heterocycles. The molecule has 2 aromatic rings. The first-order chi connectivity index (χ1) is 10.1. The van der Waals surface area contributed by atoms with Crippen LogP contribution in [-0.4, -0.2) is 55.6 Å². The average Bonchev–Trinajstić information content (AvgIpc) is 2.45. The van der Waals surface area contributed by atoms with Crippen molar-refractivity contribution in [3.63, 3.8) is 0 Å². The molecule has 0 bridgehead atoms. The van der Waals surface area contributed by atoms with Crippen LogP contribution in [0.4, 0.5) is 5.69 Å². The van der Waals surface area contributed by atoms with Crippen LogP contribution in [0.5, 0.6) is 11.5 Å². The molecule has 0 saturated heterocycles. The molecule has 21 heavy (non-hydrogen) atoms. The minimum atomic E-state index is -0.149. The maximum absolute atomic E-state index is 11.9. The smallest absolute Gasteiger partial charge is 0.238 e. The number of ether oxygens (including phenoxy) is 2. The predicted octanol–water partition coefficient (Wildman–Crippen LogP) is 1.15. The quantitative estimate of drug-likeness (QED) is 0.890. The van der Waals surface area contributed by atoms with E-state index in [0.29, 0.717) is 28.2 Å². The van der Waals surface area contributed by atoms with Crippen molar-refractivity contribution in [1.82, 2.24) is 14.9 Å². The number of likely N-dealkylation sites (N-methyl/N-ethyl adjacent to an activating group) is 1. The van der Waals surface area contributed by atoms with Gasteiger partial charge in [0.2, 0.25) is 5.91 Å². The standard InChI is InChI=1S/C14H18N4O3/c1-18(2)8-11(19)17-9-7-10(20-3)12-13(14(9)21-4)16-6-5-15-12/h5-7H,8H2,1-4H3,(H,17,19). The van der Waals surface area contributed by atoms with Gasteiger partial charge in [0, 0.05) is 18.5 Å². The molecule has 0 spiro atoms. The summed E-state index contributed by atoms with van der Waals surface area (Å²) >= 11 is 0. The Labute approximate surface area is 122 Å². The fourth-order valence-electron chi connectivity index (χ4n) is 2.01. The van der Waals surface area contributed by atoms with Gasteiger partial charge in [0.25, 0.3) is 0 Å². The van der Waals surface area contributed by atoms with Crippen molar-refractivity contribution in [3.05, 3.63) is 18.5 Å². The summed E-state index contributed by atoms with van der Waals surface area (Å²) in [7, 11) is 6.71. The van der Waals surface area contributed by atoms with Crippen LogP contribution in [0.1, 0.15) is 0 Å². The topological polar surface area (TPSA) is 76.6 Å². The van der Waals surface area contributed by atoms with Gasteiger partial charge in [0.15, 0.2) is 5.75 Å². The van der Waals surface area contributed by atoms with Gasteiger partial charge in [-0.1, -0.05) is 0 Å². The first kappa shape index (κ1) is 15.0. The van der Waals surface area contributed by atoms with Gasteiger partial charge in [-0.3, -0.25) is 4.79 Å². The molecular weight excluding hydrogens is 272 g/mol. The predicted molar refractivity (Wildman–Crippen MR) is 79.8 cm³/mol. The SMILES string of the molecule is COc1cc(NC(=O)CN(C)C)c(OC)c2nccnc12. The number of rotatable bonds is 5. The first-order valence-electron chi connectivity index (χ1n) is 6.37. The zero-order valence-electron chi connectivity index (χ0n) is 12.5. The van der Waals surface area contributed by atoms with E-state index in [9.17, 15) is 4.79 Å². The number of benzene rings is 1. The zero-order valence-corrected chi connectivity index (χ0v) is 12.5. The number of nitrogens with zero attached hydrogens (tertiary/aromatic N) is 3. The highest BCUT2D eigenvalue weighted by molar-refractivity contribution is 6.00. The molecule has 1 heterocycles. The van der Waals surface area contributed by atoms with Crippen molar-refractivity contribution >= 4 is 22.6 Å². The number of methoxy groups -OCH3 is 2. The molecular formula is C14H18N4O3. The molecule has 0 fully saturated rings. The fourth-order valence-corrected chi connectivity index (χ4v) is 2.01. The normalized spacial score (nSPS) is 10.7. The van der Waals surface area contributed by atoms with Crippen LogP contribution in [0.25, 0.3) is 11.0 Å². The van der Waals surface area contributed by atoms with E-state index in [2.05, 4.69) is 15.3 Å². The van der Waals surface area contributed by atoms with Gasteiger partial charge < -0.3 is 19.7 Å². The van der Waals surface area contributed by atoms with Crippen molar-refractivity contribution in [2.24, 2.45) is 0 Å². The van der Waals surface area contributed by atoms with Crippen LogP contribution in [-0.2, 0) is 4.79 Å². The lowest BCUT2D eigenvalue weighted by atomic mass is 10.2. The van der Waals surface area contributed by atoms with Crippen LogP contribution in [0.2, 0.25) is 0 Å². The van der Waals surface area contributed by atoms with Crippen LogP contribution >= 0.6 is 0 Å². The second kappa shape index (κ2) is 6.36.